The van der Waals surface area contributed by atoms with Crippen molar-refractivity contribution in [1.82, 2.24) is 5.06 Å². The number of nitrogens with zero attached hydrogens (tertiary/aromatic N) is 2. The number of anilines is 1. The first kappa shape index (κ1) is 30.8. The Morgan fingerprint density at radius 3 is 2.33 bits per heavy atom. The van der Waals surface area contributed by atoms with E-state index in [2.05, 4.69) is 4.90 Å². The Labute approximate surface area is 249 Å². The van der Waals surface area contributed by atoms with Crippen molar-refractivity contribution in [3.63, 3.8) is 0 Å². The van der Waals surface area contributed by atoms with E-state index in [0.717, 1.165) is 37.1 Å². The van der Waals surface area contributed by atoms with E-state index < -0.39 is 52.8 Å². The maximum Gasteiger partial charge on any atom is 0.345 e. The number of hydroxylamine groups is 2. The van der Waals surface area contributed by atoms with E-state index in [4.69, 9.17) is 9.25 Å². The van der Waals surface area contributed by atoms with Crippen molar-refractivity contribution < 1.29 is 49.6 Å². The van der Waals surface area contributed by atoms with Crippen LogP contribution in [0.15, 0.2) is 42.6 Å². The minimum atomic E-state index is -4.95. The van der Waals surface area contributed by atoms with E-state index in [9.17, 15) is 45.1 Å². The van der Waals surface area contributed by atoms with Gasteiger partial charge in [-0.1, -0.05) is 6.42 Å². The molecule has 4 heterocycles. The normalized spacial score (nSPS) is 15.8. The van der Waals surface area contributed by atoms with Crippen molar-refractivity contribution in [3.05, 3.63) is 40.2 Å². The summed E-state index contributed by atoms with van der Waals surface area (Å²) in [5.74, 6) is -1.70. The van der Waals surface area contributed by atoms with Gasteiger partial charge in [-0.2, -0.15) is 16.8 Å². The first-order valence-corrected chi connectivity index (χ1v) is 16.9. The molecule has 1 aromatic carbocycles. The Kier molecular flexibility index (Phi) is 8.45. The lowest BCUT2D eigenvalue weighted by atomic mass is 9.98. The number of fused-ring (bicyclic) bond motifs is 2. The van der Waals surface area contributed by atoms with E-state index in [1.54, 1.807) is 12.1 Å². The van der Waals surface area contributed by atoms with Crippen LogP contribution in [-0.2, 0) is 45.9 Å². The lowest BCUT2D eigenvalue weighted by Crippen LogP contribution is -2.32. The quantitative estimate of drug-likeness (QED) is 0.140. The largest absolute Gasteiger partial charge is 0.422 e. The van der Waals surface area contributed by atoms with Gasteiger partial charge < -0.3 is 14.2 Å². The van der Waals surface area contributed by atoms with Gasteiger partial charge in [0.15, 0.2) is 0 Å². The molecule has 2 N–H and O–H groups in total. The predicted octanol–water partition coefficient (Wildman–Crippen LogP) is 2.94. The maximum absolute atomic E-state index is 12.9. The molecule has 0 bridgehead atoms. The van der Waals surface area contributed by atoms with Crippen LogP contribution in [0.2, 0.25) is 0 Å². The number of thiophene rings is 1. The van der Waals surface area contributed by atoms with Crippen LogP contribution in [0.1, 0.15) is 50.5 Å². The summed E-state index contributed by atoms with van der Waals surface area (Å²) in [7, 11) is -9.76. The van der Waals surface area contributed by atoms with Gasteiger partial charge in [-0.25, -0.2) is 9.59 Å². The molecule has 2 aromatic heterocycles. The Balaban J connectivity index is 1.30. The molecule has 17 heteroatoms. The summed E-state index contributed by atoms with van der Waals surface area (Å²) in [5, 5.41) is 0.982. The fraction of sp³-hybridized carbons (Fsp3) is 0.385. The third-order valence-corrected chi connectivity index (χ3v) is 10.6. The highest BCUT2D eigenvalue weighted by Crippen LogP contribution is 2.38. The first-order chi connectivity index (χ1) is 20.2. The van der Waals surface area contributed by atoms with Crippen LogP contribution < -0.4 is 10.5 Å². The van der Waals surface area contributed by atoms with Gasteiger partial charge in [-0.3, -0.25) is 18.7 Å². The summed E-state index contributed by atoms with van der Waals surface area (Å²) in [6.45, 7) is 1.39. The fourth-order valence-electron chi connectivity index (χ4n) is 5.08. The molecular weight excluding hydrogens is 628 g/mol. The molecular formula is C26H26N2O12S3. The van der Waals surface area contributed by atoms with Crippen LogP contribution >= 0.6 is 11.3 Å². The molecule has 0 unspecified atom stereocenters. The number of unbranched alkanes of at least 4 members (excludes halogenated alkanes) is 2. The highest BCUT2D eigenvalue weighted by molar-refractivity contribution is 7.89. The van der Waals surface area contributed by atoms with Gasteiger partial charge in [0.2, 0.25) is 0 Å². The van der Waals surface area contributed by atoms with Gasteiger partial charge in [0.05, 0.1) is 10.4 Å². The van der Waals surface area contributed by atoms with Crippen LogP contribution in [0.3, 0.4) is 0 Å². The molecule has 2 aliphatic rings. The Morgan fingerprint density at radius 1 is 0.930 bits per heavy atom. The molecule has 0 spiro atoms. The molecule has 2 amide bonds. The van der Waals surface area contributed by atoms with Crippen LogP contribution in [0.5, 0.6) is 0 Å². The van der Waals surface area contributed by atoms with Crippen molar-refractivity contribution in [2.24, 2.45) is 0 Å². The molecule has 3 aromatic rings. The predicted molar refractivity (Wildman–Crippen MR) is 152 cm³/mol. The first-order valence-electron chi connectivity index (χ1n) is 13.2. The van der Waals surface area contributed by atoms with Gasteiger partial charge in [-0.05, 0) is 49.4 Å². The summed E-state index contributed by atoms with van der Waals surface area (Å²) in [6.07, 6.45) is 3.58. The summed E-state index contributed by atoms with van der Waals surface area (Å²) in [6, 6.07) is 5.44. The molecule has 43 heavy (non-hydrogen) atoms. The molecule has 0 saturated carbocycles. The molecule has 14 nitrogen and oxygen atoms in total. The van der Waals surface area contributed by atoms with Crippen molar-refractivity contribution in [2.75, 3.05) is 18.0 Å². The van der Waals surface area contributed by atoms with E-state index in [0.29, 0.717) is 47.2 Å². The third kappa shape index (κ3) is 6.65. The van der Waals surface area contributed by atoms with E-state index in [1.165, 1.54) is 6.07 Å². The SMILES string of the molecule is O=C(CCCCCN1CCCc2cc3cc(-c4sc(S(=O)(=O)O)cc4S(=O)(=O)O)c(=O)oc3cc21)ON1C(=O)CCC1=O. The number of hydrogen-bond acceptors (Lipinski definition) is 12. The van der Waals surface area contributed by atoms with E-state index in [1.807, 2.05) is 0 Å². The third-order valence-electron chi connectivity index (χ3n) is 7.11. The smallest absolute Gasteiger partial charge is 0.345 e. The average Bonchev–Trinajstić information content (AvgIpc) is 3.52. The van der Waals surface area contributed by atoms with E-state index in [-0.39, 0.29) is 35.3 Å². The maximum atomic E-state index is 12.9. The molecule has 1 saturated heterocycles. The van der Waals surface area contributed by atoms with Crippen molar-refractivity contribution in [3.8, 4) is 10.4 Å². The minimum absolute atomic E-state index is 0.0325. The zero-order valence-corrected chi connectivity index (χ0v) is 24.9. The average molecular weight is 655 g/mol. The Bertz CT molecular complexity index is 1890. The number of benzene rings is 1. The van der Waals surface area contributed by atoms with Gasteiger partial charge in [0, 0.05) is 49.5 Å². The van der Waals surface area contributed by atoms with Crippen molar-refractivity contribution in [2.45, 2.75) is 60.5 Å². The highest BCUT2D eigenvalue weighted by Gasteiger charge is 2.33. The molecule has 0 radical (unpaired) electrons. The number of imide groups is 1. The van der Waals surface area contributed by atoms with E-state index >= 15 is 0 Å². The van der Waals surface area contributed by atoms with Crippen molar-refractivity contribution >= 4 is 66.0 Å². The topological polar surface area (TPSA) is 206 Å². The van der Waals surface area contributed by atoms with Gasteiger partial charge >= 0.3 is 21.7 Å². The van der Waals surface area contributed by atoms with Crippen LogP contribution in [0.25, 0.3) is 21.4 Å². The summed E-state index contributed by atoms with van der Waals surface area (Å²) in [5.41, 5.74) is 0.760. The standard InChI is InChI=1S/C26H26N2O12S3/c29-21-7-8-22(30)28(21)40-23(31)6-2-1-3-9-27-10-4-5-15-11-16-12-17(26(32)39-19(16)13-18(15)27)25-20(42(33,34)35)14-24(41-25)43(36,37)38/h11-14H,1-10H2,(H,33,34,35)(H,36,37,38). The van der Waals surface area contributed by atoms with Crippen molar-refractivity contribution in [1.29, 1.82) is 0 Å². The second kappa shape index (κ2) is 11.8. The lowest BCUT2D eigenvalue weighted by molar-refractivity contribution is -0.197. The van der Waals surface area contributed by atoms with Crippen LogP contribution in [0.4, 0.5) is 5.69 Å². The second-order valence-electron chi connectivity index (χ2n) is 10.1. The Hall–Kier alpha value is -3.64. The van der Waals surface area contributed by atoms with Gasteiger partial charge in [0.1, 0.15) is 14.7 Å². The molecule has 0 atom stereocenters. The number of rotatable bonds is 10. The summed E-state index contributed by atoms with van der Waals surface area (Å²) in [4.78, 5) is 53.9. The monoisotopic (exact) mass is 654 g/mol. The zero-order valence-electron chi connectivity index (χ0n) is 22.5. The molecule has 5 rings (SSSR count). The number of carbonyl (C=O) groups is 3. The molecule has 0 aliphatic carbocycles. The molecule has 230 valence electrons. The summed E-state index contributed by atoms with van der Waals surface area (Å²) >= 11 is 0.314. The zero-order chi connectivity index (χ0) is 31.1. The number of aryl methyl sites for hydroxylation is 1. The van der Waals surface area contributed by atoms with Gasteiger partial charge in [0.25, 0.3) is 21.9 Å². The number of amides is 2. The molecule has 2 aliphatic heterocycles. The summed E-state index contributed by atoms with van der Waals surface area (Å²) < 4.78 is 70.8. The van der Waals surface area contributed by atoms with Crippen LogP contribution in [0, 0.1) is 0 Å². The second-order valence-corrected chi connectivity index (χ2v) is 14.2. The lowest BCUT2D eigenvalue weighted by Gasteiger charge is -2.31. The molecule has 1 fully saturated rings. The fourth-order valence-corrected chi connectivity index (χ4v) is 8.01. The minimum Gasteiger partial charge on any atom is -0.422 e. The number of hydrogen-bond donors (Lipinski definition) is 2. The van der Waals surface area contributed by atoms with Crippen LogP contribution in [-0.4, -0.2) is 61.9 Å². The van der Waals surface area contributed by atoms with Gasteiger partial charge in [-0.15, -0.1) is 16.4 Å². The highest BCUT2D eigenvalue weighted by atomic mass is 32.3. The Morgan fingerprint density at radius 2 is 1.65 bits per heavy atom. The number of carbonyl (C=O) groups excluding carboxylic acids is 3.